The van der Waals surface area contributed by atoms with E-state index >= 15 is 0 Å². The zero-order chi connectivity index (χ0) is 9.64. The van der Waals surface area contributed by atoms with Gasteiger partial charge in [0.15, 0.2) is 0 Å². The average Bonchev–Trinajstić information content (AvgIpc) is 2.54. The van der Waals surface area contributed by atoms with E-state index in [1.165, 1.54) is 0 Å². The maximum atomic E-state index is 10.7. The Morgan fingerprint density at radius 3 is 2.54 bits per heavy atom. The molecule has 0 aromatic carbocycles. The van der Waals surface area contributed by atoms with Crippen LogP contribution in [0, 0.1) is 5.92 Å². The maximum Gasteiger partial charge on any atom is 0.210 e. The number of primary sulfonamides is 1. The standard InChI is InChI=1S/C7H15N3O2S/c8-7-5-3-6(7)10(4-5)1-2-13(9,11)12/h5-7H,1-4,8H2,(H2,9,11,12). The average molecular weight is 205 g/mol. The molecule has 3 rings (SSSR count). The molecule has 3 atom stereocenters. The van der Waals surface area contributed by atoms with Crippen LogP contribution in [0.5, 0.6) is 0 Å². The Morgan fingerprint density at radius 1 is 1.46 bits per heavy atom. The first-order valence-corrected chi connectivity index (χ1v) is 6.19. The molecular formula is C7H15N3O2S. The Balaban J connectivity index is 1.85. The van der Waals surface area contributed by atoms with E-state index < -0.39 is 10.0 Å². The molecule has 2 heterocycles. The van der Waals surface area contributed by atoms with Crippen LogP contribution in [-0.2, 0) is 10.0 Å². The summed E-state index contributed by atoms with van der Waals surface area (Å²) < 4.78 is 21.4. The summed E-state index contributed by atoms with van der Waals surface area (Å²) in [5.74, 6) is 0.633. The Bertz CT molecular complexity index is 303. The second-order valence-corrected chi connectivity index (χ2v) is 5.74. The van der Waals surface area contributed by atoms with Crippen molar-refractivity contribution in [3.05, 3.63) is 0 Å². The van der Waals surface area contributed by atoms with Crippen molar-refractivity contribution in [2.75, 3.05) is 18.8 Å². The smallest absolute Gasteiger partial charge is 0.210 e. The van der Waals surface area contributed by atoms with Crippen molar-refractivity contribution >= 4 is 10.0 Å². The lowest BCUT2D eigenvalue weighted by Gasteiger charge is -2.33. The minimum absolute atomic E-state index is 0.0446. The fraction of sp³-hybridized carbons (Fsp3) is 1.00. The highest BCUT2D eigenvalue weighted by Crippen LogP contribution is 2.39. The maximum absolute atomic E-state index is 10.7. The number of hydrogen-bond acceptors (Lipinski definition) is 4. The van der Waals surface area contributed by atoms with Crippen molar-refractivity contribution in [3.63, 3.8) is 0 Å². The van der Waals surface area contributed by atoms with Crippen molar-refractivity contribution in [3.8, 4) is 0 Å². The highest BCUT2D eigenvalue weighted by molar-refractivity contribution is 7.89. The van der Waals surface area contributed by atoms with Gasteiger partial charge in [-0.1, -0.05) is 0 Å². The molecule has 5 nitrogen and oxygen atoms in total. The summed E-state index contributed by atoms with van der Waals surface area (Å²) >= 11 is 0. The molecule has 0 amide bonds. The third-order valence-corrected chi connectivity index (χ3v) is 3.89. The van der Waals surface area contributed by atoms with Crippen LogP contribution < -0.4 is 10.9 Å². The summed E-state index contributed by atoms with van der Waals surface area (Å²) in [6.07, 6.45) is 1.13. The number of nitrogens with two attached hydrogens (primary N) is 2. The van der Waals surface area contributed by atoms with Gasteiger partial charge in [-0.05, 0) is 12.3 Å². The molecule has 3 unspecified atom stereocenters. The molecule has 6 heteroatoms. The molecule has 1 saturated carbocycles. The minimum atomic E-state index is -3.32. The van der Waals surface area contributed by atoms with Crippen LogP contribution in [-0.4, -0.2) is 44.2 Å². The molecule has 0 spiro atoms. The molecule has 4 N–H and O–H groups in total. The Labute approximate surface area is 78.1 Å². The summed E-state index contributed by atoms with van der Waals surface area (Å²) in [7, 11) is -3.32. The zero-order valence-corrected chi connectivity index (χ0v) is 8.20. The normalized spacial score (nSPS) is 39.1. The largest absolute Gasteiger partial charge is 0.326 e. The molecule has 0 aromatic heterocycles. The summed E-state index contributed by atoms with van der Waals surface area (Å²) in [6.45, 7) is 1.48. The van der Waals surface area contributed by atoms with Crippen LogP contribution in [0.3, 0.4) is 0 Å². The lowest BCUT2D eigenvalue weighted by molar-refractivity contribution is 0.221. The number of nitrogens with zero attached hydrogens (tertiary/aromatic N) is 1. The second kappa shape index (κ2) is 2.91. The van der Waals surface area contributed by atoms with E-state index in [4.69, 9.17) is 10.9 Å². The molecule has 3 aliphatic rings. The van der Waals surface area contributed by atoms with Crippen molar-refractivity contribution in [1.29, 1.82) is 0 Å². The van der Waals surface area contributed by atoms with Gasteiger partial charge in [-0.2, -0.15) is 0 Å². The van der Waals surface area contributed by atoms with Crippen molar-refractivity contribution < 1.29 is 8.42 Å². The van der Waals surface area contributed by atoms with Gasteiger partial charge in [-0.3, -0.25) is 4.90 Å². The number of hydrogen-bond donors (Lipinski definition) is 2. The van der Waals surface area contributed by atoms with Gasteiger partial charge in [0.05, 0.1) is 5.75 Å². The first-order chi connectivity index (χ1) is 5.97. The first-order valence-electron chi connectivity index (χ1n) is 4.47. The van der Waals surface area contributed by atoms with Gasteiger partial charge < -0.3 is 5.73 Å². The van der Waals surface area contributed by atoms with Crippen LogP contribution >= 0.6 is 0 Å². The summed E-state index contributed by atoms with van der Waals surface area (Å²) in [4.78, 5) is 2.14. The molecular weight excluding hydrogens is 190 g/mol. The molecule has 0 aromatic rings. The molecule has 2 saturated heterocycles. The SMILES string of the molecule is NC1C2CC1N(CCS(N)(=O)=O)C2. The van der Waals surface area contributed by atoms with Gasteiger partial charge in [-0.25, -0.2) is 13.6 Å². The van der Waals surface area contributed by atoms with Gasteiger partial charge in [-0.15, -0.1) is 0 Å². The molecule has 3 fully saturated rings. The Hall–Kier alpha value is -0.170. The van der Waals surface area contributed by atoms with E-state index in [1.54, 1.807) is 0 Å². The van der Waals surface area contributed by atoms with E-state index in [9.17, 15) is 8.42 Å². The van der Waals surface area contributed by atoms with Crippen LogP contribution in [0.2, 0.25) is 0 Å². The molecule has 2 bridgehead atoms. The Morgan fingerprint density at radius 2 is 2.15 bits per heavy atom. The van der Waals surface area contributed by atoms with Crippen LogP contribution in [0.1, 0.15) is 6.42 Å². The van der Waals surface area contributed by atoms with Crippen LogP contribution in [0.4, 0.5) is 0 Å². The van der Waals surface area contributed by atoms with Gasteiger partial charge >= 0.3 is 0 Å². The molecule has 1 aliphatic carbocycles. The molecule has 2 aliphatic heterocycles. The van der Waals surface area contributed by atoms with Crippen molar-refractivity contribution in [1.82, 2.24) is 4.90 Å². The van der Waals surface area contributed by atoms with E-state index in [-0.39, 0.29) is 11.8 Å². The number of sulfonamides is 1. The van der Waals surface area contributed by atoms with Crippen molar-refractivity contribution in [2.45, 2.75) is 18.5 Å². The lowest BCUT2D eigenvalue weighted by atomic mass is 9.81. The van der Waals surface area contributed by atoms with Gasteiger partial charge in [0, 0.05) is 25.2 Å². The fourth-order valence-electron chi connectivity index (χ4n) is 2.27. The Kier molecular flexibility index (Phi) is 2.10. The highest BCUT2D eigenvalue weighted by Gasteiger charge is 2.49. The second-order valence-electron chi connectivity index (χ2n) is 4.00. The predicted molar refractivity (Wildman–Crippen MR) is 49.4 cm³/mol. The quantitative estimate of drug-likeness (QED) is 0.575. The van der Waals surface area contributed by atoms with E-state index in [0.717, 1.165) is 13.0 Å². The topological polar surface area (TPSA) is 89.4 Å². The third-order valence-electron chi connectivity index (χ3n) is 3.13. The van der Waals surface area contributed by atoms with Crippen molar-refractivity contribution in [2.24, 2.45) is 16.8 Å². The van der Waals surface area contributed by atoms with Crippen LogP contribution in [0.15, 0.2) is 0 Å². The van der Waals surface area contributed by atoms with Gasteiger partial charge in [0.2, 0.25) is 10.0 Å². The lowest BCUT2D eigenvalue weighted by Crippen LogP contribution is -2.50. The zero-order valence-electron chi connectivity index (χ0n) is 7.39. The molecule has 13 heavy (non-hydrogen) atoms. The fourth-order valence-corrected chi connectivity index (χ4v) is 2.76. The van der Waals surface area contributed by atoms with Gasteiger partial charge in [0.25, 0.3) is 0 Å². The first kappa shape index (κ1) is 9.39. The van der Waals surface area contributed by atoms with Crippen LogP contribution in [0.25, 0.3) is 0 Å². The summed E-state index contributed by atoms with van der Waals surface area (Å²) in [5.41, 5.74) is 5.84. The van der Waals surface area contributed by atoms with Gasteiger partial charge in [0.1, 0.15) is 0 Å². The number of rotatable bonds is 3. The minimum Gasteiger partial charge on any atom is -0.326 e. The highest BCUT2D eigenvalue weighted by atomic mass is 32.2. The summed E-state index contributed by atoms with van der Waals surface area (Å²) in [6, 6.07) is 0.673. The monoisotopic (exact) mass is 205 g/mol. The summed E-state index contributed by atoms with van der Waals surface area (Å²) in [5, 5.41) is 4.92. The molecule has 76 valence electrons. The number of fused-ring (bicyclic) bond motifs is 1. The molecule has 0 radical (unpaired) electrons. The van der Waals surface area contributed by atoms with E-state index in [2.05, 4.69) is 4.90 Å². The predicted octanol–water partition coefficient (Wildman–Crippen LogP) is -1.69. The van der Waals surface area contributed by atoms with E-state index in [1.807, 2.05) is 0 Å². The third kappa shape index (κ3) is 1.71. The van der Waals surface area contributed by atoms with E-state index in [0.29, 0.717) is 18.5 Å².